The van der Waals surface area contributed by atoms with Gasteiger partial charge in [-0.1, -0.05) is 0 Å². The van der Waals surface area contributed by atoms with Crippen LogP contribution in [0.1, 0.15) is 19.3 Å². The number of hydrogen-bond donors (Lipinski definition) is 0. The van der Waals surface area contributed by atoms with E-state index >= 15 is 0 Å². The van der Waals surface area contributed by atoms with Gasteiger partial charge in [0.2, 0.25) is 0 Å². The Hall–Kier alpha value is -0.700. The summed E-state index contributed by atoms with van der Waals surface area (Å²) < 4.78 is 5.33. The molecule has 0 saturated heterocycles. The van der Waals surface area contributed by atoms with Crippen LogP contribution in [0.4, 0.5) is 0 Å². The maximum atomic E-state index is 11.9. The van der Waals surface area contributed by atoms with E-state index in [0.717, 1.165) is 19.3 Å². The molecule has 76 valence electrons. The normalized spacial score (nSPS) is 50.2. The van der Waals surface area contributed by atoms with E-state index in [-0.39, 0.29) is 29.8 Å². The predicted molar refractivity (Wildman–Crippen MR) is 48.6 cm³/mol. The number of carbonyl (C=O) groups excluding carboxylic acids is 2. The monoisotopic (exact) mass is 194 g/mol. The third kappa shape index (κ3) is 0.862. The summed E-state index contributed by atoms with van der Waals surface area (Å²) in [5, 5.41) is 0. The van der Waals surface area contributed by atoms with Gasteiger partial charge in [0.05, 0.1) is 6.10 Å². The lowest BCUT2D eigenvalue weighted by molar-refractivity contribution is -0.167. The molecule has 4 aliphatic rings. The molecule has 0 heterocycles. The molecule has 0 unspecified atom stereocenters. The van der Waals surface area contributed by atoms with E-state index in [1.807, 2.05) is 0 Å². The Morgan fingerprint density at radius 2 is 1.50 bits per heavy atom. The van der Waals surface area contributed by atoms with Crippen LogP contribution in [0, 0.1) is 23.7 Å². The highest BCUT2D eigenvalue weighted by Gasteiger charge is 2.57. The van der Waals surface area contributed by atoms with Gasteiger partial charge in [-0.2, -0.15) is 0 Å². The minimum absolute atomic E-state index is 0.0280. The molecule has 0 aromatic rings. The first-order valence-corrected chi connectivity index (χ1v) is 5.32. The highest BCUT2D eigenvalue weighted by Crippen LogP contribution is 2.50. The van der Waals surface area contributed by atoms with Gasteiger partial charge in [0.25, 0.3) is 0 Å². The lowest BCUT2D eigenvalue weighted by Gasteiger charge is -2.51. The number of methoxy groups -OCH3 is 1. The third-order valence-corrected chi connectivity index (χ3v) is 4.25. The number of ether oxygens (including phenoxy) is 1. The summed E-state index contributed by atoms with van der Waals surface area (Å²) in [6.45, 7) is 0. The summed E-state index contributed by atoms with van der Waals surface area (Å²) in [5.41, 5.74) is 0. The summed E-state index contributed by atoms with van der Waals surface area (Å²) in [4.78, 5) is 23.7. The molecule has 4 rings (SSSR count). The van der Waals surface area contributed by atoms with Gasteiger partial charge >= 0.3 is 0 Å². The molecule has 4 fully saturated rings. The van der Waals surface area contributed by atoms with Gasteiger partial charge in [0.15, 0.2) is 0 Å². The topological polar surface area (TPSA) is 43.4 Å². The minimum atomic E-state index is -0.109. The van der Waals surface area contributed by atoms with Crippen LogP contribution >= 0.6 is 0 Å². The van der Waals surface area contributed by atoms with Crippen molar-refractivity contribution in [2.75, 3.05) is 7.11 Å². The lowest BCUT2D eigenvalue weighted by atomic mass is 9.54. The first-order chi connectivity index (χ1) is 6.72. The second-order valence-corrected chi connectivity index (χ2v) is 4.82. The molecule has 3 heteroatoms. The van der Waals surface area contributed by atoms with Crippen LogP contribution < -0.4 is 0 Å². The number of rotatable bonds is 1. The molecular weight excluding hydrogens is 180 g/mol. The molecule has 0 aliphatic heterocycles. The number of ketones is 2. The maximum Gasteiger partial charge on any atom is 0.141 e. The fraction of sp³-hybridized carbons (Fsp3) is 0.818. The van der Waals surface area contributed by atoms with Gasteiger partial charge in [-0.3, -0.25) is 9.59 Å². The Morgan fingerprint density at radius 3 is 1.93 bits per heavy atom. The Bertz CT molecular complexity index is 282. The minimum Gasteiger partial charge on any atom is -0.380 e. The van der Waals surface area contributed by atoms with Crippen LogP contribution in [0.3, 0.4) is 0 Å². The van der Waals surface area contributed by atoms with Crippen molar-refractivity contribution in [3.63, 3.8) is 0 Å². The van der Waals surface area contributed by atoms with Crippen LogP contribution in [0.5, 0.6) is 0 Å². The molecule has 0 aromatic carbocycles. The van der Waals surface area contributed by atoms with Crippen molar-refractivity contribution in [2.24, 2.45) is 23.7 Å². The molecule has 0 N–H and O–H groups in total. The second-order valence-electron chi connectivity index (χ2n) is 4.82. The molecular formula is C11H14O3. The van der Waals surface area contributed by atoms with Crippen molar-refractivity contribution in [1.82, 2.24) is 0 Å². The summed E-state index contributed by atoms with van der Waals surface area (Å²) >= 11 is 0. The highest BCUT2D eigenvalue weighted by atomic mass is 16.5. The first-order valence-electron chi connectivity index (χ1n) is 5.32. The quantitative estimate of drug-likeness (QED) is 0.620. The SMILES string of the molecule is COC1[C@H]2C[C@@H]3C[C@@H](C[C@H]1C3=O)C2=O. The predicted octanol–water partition coefficient (Wildman–Crippen LogP) is 0.815. The highest BCUT2D eigenvalue weighted by molar-refractivity contribution is 5.96. The molecule has 4 bridgehead atoms. The van der Waals surface area contributed by atoms with Gasteiger partial charge in [-0.25, -0.2) is 0 Å². The number of carbonyl (C=O) groups is 2. The van der Waals surface area contributed by atoms with Crippen molar-refractivity contribution >= 4 is 11.6 Å². The van der Waals surface area contributed by atoms with Gasteiger partial charge in [0.1, 0.15) is 11.6 Å². The molecule has 0 spiro atoms. The van der Waals surface area contributed by atoms with E-state index in [1.165, 1.54) is 0 Å². The van der Waals surface area contributed by atoms with Crippen molar-refractivity contribution in [3.05, 3.63) is 0 Å². The summed E-state index contributed by atoms with van der Waals surface area (Å²) in [6, 6.07) is 0. The van der Waals surface area contributed by atoms with Crippen molar-refractivity contribution in [1.29, 1.82) is 0 Å². The van der Waals surface area contributed by atoms with E-state index in [9.17, 15) is 9.59 Å². The molecule has 3 nitrogen and oxygen atoms in total. The van der Waals surface area contributed by atoms with Crippen molar-refractivity contribution < 1.29 is 14.3 Å². The van der Waals surface area contributed by atoms with Gasteiger partial charge in [-0.05, 0) is 19.3 Å². The average molecular weight is 194 g/mol. The molecule has 14 heavy (non-hydrogen) atoms. The number of hydrogen-bond acceptors (Lipinski definition) is 3. The molecule has 4 aliphatic carbocycles. The summed E-state index contributed by atoms with van der Waals surface area (Å²) in [5.74, 6) is 1.12. The molecule has 0 aromatic heterocycles. The second kappa shape index (κ2) is 2.66. The zero-order valence-electron chi connectivity index (χ0n) is 8.23. The molecule has 0 radical (unpaired) electrons. The smallest absolute Gasteiger partial charge is 0.141 e. The standard InChI is InChI=1S/C11H14O3/c1-14-11-7-3-5-2-6(10(7)13)4-8(11)9(5)12/h5-8,11H,2-4H2,1H3/t5-,6-,7-,8-/m0/s1. The van der Waals surface area contributed by atoms with Crippen molar-refractivity contribution in [3.8, 4) is 0 Å². The maximum absolute atomic E-state index is 11.9. The van der Waals surface area contributed by atoms with E-state index in [1.54, 1.807) is 7.11 Å². The van der Waals surface area contributed by atoms with E-state index in [4.69, 9.17) is 4.74 Å². The van der Waals surface area contributed by atoms with Gasteiger partial charge in [-0.15, -0.1) is 0 Å². The summed E-state index contributed by atoms with van der Waals surface area (Å²) in [7, 11) is 1.62. The van der Waals surface area contributed by atoms with Crippen LogP contribution in [-0.2, 0) is 14.3 Å². The number of Topliss-reactive ketones (excluding diaryl/α,β-unsaturated/α-hetero) is 2. The van der Waals surface area contributed by atoms with Crippen LogP contribution in [0.15, 0.2) is 0 Å². The first kappa shape index (κ1) is 8.60. The Morgan fingerprint density at radius 1 is 1.00 bits per heavy atom. The van der Waals surface area contributed by atoms with E-state index in [2.05, 4.69) is 0 Å². The fourth-order valence-electron chi connectivity index (χ4n) is 3.65. The van der Waals surface area contributed by atoms with Gasteiger partial charge < -0.3 is 4.74 Å². The summed E-state index contributed by atoms with van der Waals surface area (Å²) in [6.07, 6.45) is 2.22. The van der Waals surface area contributed by atoms with Crippen LogP contribution in [-0.4, -0.2) is 24.8 Å². The Balaban J connectivity index is 2.00. The van der Waals surface area contributed by atoms with E-state index in [0.29, 0.717) is 11.6 Å². The molecule has 4 atom stereocenters. The largest absolute Gasteiger partial charge is 0.380 e. The molecule has 0 amide bonds. The average Bonchev–Trinajstić information content (AvgIpc) is 2.16. The fourth-order valence-corrected chi connectivity index (χ4v) is 3.65. The van der Waals surface area contributed by atoms with E-state index < -0.39 is 0 Å². The van der Waals surface area contributed by atoms with Gasteiger partial charge in [0, 0.05) is 30.8 Å². The zero-order valence-corrected chi connectivity index (χ0v) is 8.23. The Kier molecular flexibility index (Phi) is 1.63. The molecule has 4 saturated carbocycles. The van der Waals surface area contributed by atoms with Crippen LogP contribution in [0.25, 0.3) is 0 Å². The van der Waals surface area contributed by atoms with Crippen LogP contribution in [0.2, 0.25) is 0 Å². The Labute approximate surface area is 82.8 Å². The third-order valence-electron chi connectivity index (χ3n) is 4.25. The zero-order chi connectivity index (χ0) is 9.87. The van der Waals surface area contributed by atoms with Crippen molar-refractivity contribution in [2.45, 2.75) is 25.4 Å². The lowest BCUT2D eigenvalue weighted by Crippen LogP contribution is -2.59.